The number of nitrogens with zero attached hydrogens (tertiary/aromatic N) is 2. The van der Waals surface area contributed by atoms with Gasteiger partial charge in [0, 0.05) is 13.0 Å². The topological polar surface area (TPSA) is 113 Å². The molecule has 0 bridgehead atoms. The first kappa shape index (κ1) is 30.0. The van der Waals surface area contributed by atoms with Crippen LogP contribution in [0.4, 0.5) is 5.69 Å². The van der Waals surface area contributed by atoms with Gasteiger partial charge in [-0.15, -0.1) is 23.2 Å². The molecule has 0 spiro atoms. The van der Waals surface area contributed by atoms with Crippen LogP contribution < -0.4 is 14.4 Å². The second kappa shape index (κ2) is 10.5. The number of likely N-dealkylation sites (tertiary alicyclic amines) is 1. The number of phenolic OH excluding ortho intramolecular Hbond substituents is 1. The zero-order valence-electron chi connectivity index (χ0n) is 24.3. The molecule has 2 aromatic carbocycles. The molecule has 6 unspecified atom stereocenters. The Labute approximate surface area is 264 Å². The van der Waals surface area contributed by atoms with Crippen LogP contribution in [-0.4, -0.2) is 64.7 Å². The van der Waals surface area contributed by atoms with E-state index >= 15 is 0 Å². The Kier molecular flexibility index (Phi) is 7.17. The van der Waals surface area contributed by atoms with E-state index in [9.17, 15) is 24.3 Å². The van der Waals surface area contributed by atoms with Crippen molar-refractivity contribution in [3.8, 4) is 17.2 Å². The van der Waals surface area contributed by atoms with Crippen molar-refractivity contribution in [3.05, 3.63) is 71.8 Å². The number of halogens is 2. The Hall–Kier alpha value is -4.08. The number of alkyl halides is 2. The van der Waals surface area contributed by atoms with E-state index in [1.807, 2.05) is 6.08 Å². The van der Waals surface area contributed by atoms with Crippen LogP contribution in [0.15, 0.2) is 60.7 Å². The molecule has 2 heterocycles. The number of amides is 4. The highest BCUT2D eigenvalue weighted by Crippen LogP contribution is 2.63. The Bertz CT molecular complexity index is 1660. The molecule has 1 saturated carbocycles. The molecule has 2 aliphatic carbocycles. The first-order valence-electron chi connectivity index (χ1n) is 14.1. The molecule has 6 rings (SSSR count). The maximum Gasteiger partial charge on any atom is 0.253 e. The summed E-state index contributed by atoms with van der Waals surface area (Å²) >= 11 is 14.3. The Morgan fingerprint density at radius 3 is 2.18 bits per heavy atom. The number of hydrogen-bond acceptors (Lipinski definition) is 7. The number of carbonyl (C=O) groups excluding carboxylic acids is 4. The van der Waals surface area contributed by atoms with Gasteiger partial charge in [0.25, 0.3) is 11.8 Å². The van der Waals surface area contributed by atoms with Crippen LogP contribution in [0.25, 0.3) is 12.2 Å². The van der Waals surface area contributed by atoms with Crippen molar-refractivity contribution in [2.24, 2.45) is 23.7 Å². The van der Waals surface area contributed by atoms with E-state index in [4.69, 9.17) is 32.7 Å². The number of allylic oxidation sites excluding steroid dienone is 3. The van der Waals surface area contributed by atoms with Crippen LogP contribution in [-0.2, 0) is 19.2 Å². The summed E-state index contributed by atoms with van der Waals surface area (Å²) in [6, 6.07) is 10.1. The number of hydrogen-bond donors (Lipinski definition) is 1. The fourth-order valence-corrected chi connectivity index (χ4v) is 8.20. The molecule has 44 heavy (non-hydrogen) atoms. The Morgan fingerprint density at radius 2 is 1.59 bits per heavy atom. The SMILES string of the molecule is C=Cc1ccc(N2C(=O)C3CC=C4C(CC5(Cl)C(=O)N(C)C(=O)C5(Cl)C4C=Cc4cc(OC)c(O)c(OC)c4)C3C2=O)cc1. The highest BCUT2D eigenvalue weighted by atomic mass is 35.5. The molecule has 11 heteroatoms. The highest BCUT2D eigenvalue weighted by Gasteiger charge is 2.75. The standard InChI is InChI=1S/C33H30Cl2N2O7/c1-5-17-6-9-19(10-7-17)37-28(39)21-12-11-20-22(26(21)29(37)40)16-32(34)30(41)36(2)31(42)33(32,35)23(20)13-8-18-14-24(43-3)27(38)25(15-18)44-4/h5-11,13-15,21-23,26,38H,1,12,16H2,2-4H3. The third-order valence-corrected chi connectivity index (χ3v) is 10.9. The van der Waals surface area contributed by atoms with Crippen molar-refractivity contribution < 1.29 is 33.8 Å². The normalized spacial score (nSPS) is 31.2. The molecule has 1 N–H and O–H groups in total. The maximum absolute atomic E-state index is 14.1. The summed E-state index contributed by atoms with van der Waals surface area (Å²) in [4.78, 5) is 53.4. The highest BCUT2D eigenvalue weighted by molar-refractivity contribution is 6.53. The predicted molar refractivity (Wildman–Crippen MR) is 165 cm³/mol. The second-order valence-corrected chi connectivity index (χ2v) is 12.7. The van der Waals surface area contributed by atoms with Gasteiger partial charge in [-0.2, -0.15) is 0 Å². The monoisotopic (exact) mass is 636 g/mol. The molecule has 2 saturated heterocycles. The van der Waals surface area contributed by atoms with E-state index in [0.717, 1.165) is 10.5 Å². The van der Waals surface area contributed by atoms with Gasteiger partial charge >= 0.3 is 0 Å². The number of ether oxygens (including phenoxy) is 2. The minimum atomic E-state index is -1.89. The van der Waals surface area contributed by atoms with Crippen LogP contribution in [0.5, 0.6) is 17.2 Å². The molecule has 0 aromatic heterocycles. The molecule has 2 aliphatic heterocycles. The molecule has 6 atom stereocenters. The van der Waals surface area contributed by atoms with Crippen molar-refractivity contribution in [2.45, 2.75) is 22.6 Å². The third-order valence-electron chi connectivity index (χ3n) is 9.44. The summed E-state index contributed by atoms with van der Waals surface area (Å²) in [6.45, 7) is 3.75. The van der Waals surface area contributed by atoms with Crippen LogP contribution in [0.2, 0.25) is 0 Å². The summed E-state index contributed by atoms with van der Waals surface area (Å²) in [5.41, 5.74) is 2.52. The fourth-order valence-electron chi connectivity index (χ4n) is 7.22. The Balaban J connectivity index is 1.45. The van der Waals surface area contributed by atoms with Gasteiger partial charge in [-0.05, 0) is 54.2 Å². The number of anilines is 1. The molecule has 228 valence electrons. The van der Waals surface area contributed by atoms with Gasteiger partial charge < -0.3 is 14.6 Å². The first-order valence-corrected chi connectivity index (χ1v) is 14.8. The van der Waals surface area contributed by atoms with Crippen molar-refractivity contribution in [1.82, 2.24) is 4.90 Å². The molecule has 2 aromatic rings. The van der Waals surface area contributed by atoms with Gasteiger partial charge in [-0.25, -0.2) is 0 Å². The van der Waals surface area contributed by atoms with Gasteiger partial charge in [-0.1, -0.05) is 48.6 Å². The molecule has 3 fully saturated rings. The van der Waals surface area contributed by atoms with Crippen molar-refractivity contribution in [1.29, 1.82) is 0 Å². The van der Waals surface area contributed by atoms with E-state index in [-0.39, 0.29) is 41.9 Å². The van der Waals surface area contributed by atoms with E-state index in [2.05, 4.69) is 6.58 Å². The zero-order valence-corrected chi connectivity index (χ0v) is 25.8. The predicted octanol–water partition coefficient (Wildman–Crippen LogP) is 4.79. The number of rotatable bonds is 6. The molecule has 4 aliphatic rings. The van der Waals surface area contributed by atoms with Crippen LogP contribution in [0.1, 0.15) is 24.0 Å². The van der Waals surface area contributed by atoms with Crippen LogP contribution in [0.3, 0.4) is 0 Å². The van der Waals surface area contributed by atoms with Crippen LogP contribution >= 0.6 is 23.2 Å². The van der Waals surface area contributed by atoms with Gasteiger partial charge in [-0.3, -0.25) is 29.0 Å². The lowest BCUT2D eigenvalue weighted by Gasteiger charge is -2.49. The van der Waals surface area contributed by atoms with Gasteiger partial charge in [0.2, 0.25) is 17.6 Å². The van der Waals surface area contributed by atoms with E-state index < -0.39 is 45.2 Å². The largest absolute Gasteiger partial charge is 0.502 e. The molecular formula is C33H30Cl2N2O7. The van der Waals surface area contributed by atoms with Crippen molar-refractivity contribution in [3.63, 3.8) is 0 Å². The number of methoxy groups -OCH3 is 2. The van der Waals surface area contributed by atoms with Gasteiger partial charge in [0.15, 0.2) is 21.2 Å². The minimum Gasteiger partial charge on any atom is -0.502 e. The maximum atomic E-state index is 14.1. The van der Waals surface area contributed by atoms with Gasteiger partial charge in [0.05, 0.1) is 31.7 Å². The van der Waals surface area contributed by atoms with Crippen molar-refractivity contribution >= 4 is 64.7 Å². The summed E-state index contributed by atoms with van der Waals surface area (Å²) in [6.07, 6.45) is 7.07. The lowest BCUT2D eigenvalue weighted by atomic mass is 9.57. The summed E-state index contributed by atoms with van der Waals surface area (Å²) in [7, 11) is 4.15. The van der Waals surface area contributed by atoms with E-state index in [0.29, 0.717) is 16.8 Å². The summed E-state index contributed by atoms with van der Waals surface area (Å²) < 4.78 is 10.6. The molecule has 9 nitrogen and oxygen atoms in total. The Morgan fingerprint density at radius 1 is 0.955 bits per heavy atom. The average molecular weight is 638 g/mol. The average Bonchev–Trinajstić information content (AvgIpc) is 3.35. The molecule has 4 amide bonds. The smallest absolute Gasteiger partial charge is 0.253 e. The van der Waals surface area contributed by atoms with E-state index in [1.165, 1.54) is 26.2 Å². The van der Waals surface area contributed by atoms with Crippen molar-refractivity contribution in [2.75, 3.05) is 26.2 Å². The number of carbonyl (C=O) groups is 4. The second-order valence-electron chi connectivity index (χ2n) is 11.5. The van der Waals surface area contributed by atoms with Crippen LogP contribution in [0, 0.1) is 23.7 Å². The zero-order chi connectivity index (χ0) is 31.7. The number of phenols is 1. The quantitative estimate of drug-likeness (QED) is 0.275. The molecule has 0 radical (unpaired) electrons. The minimum absolute atomic E-state index is 0.0899. The number of benzene rings is 2. The summed E-state index contributed by atoms with van der Waals surface area (Å²) in [5, 5.41) is 10.4. The lowest BCUT2D eigenvalue weighted by Crippen LogP contribution is -2.60. The third kappa shape index (κ3) is 3.98. The first-order chi connectivity index (χ1) is 20.9. The summed E-state index contributed by atoms with van der Waals surface area (Å²) in [5.74, 6) is -4.83. The number of aromatic hydroxyl groups is 1. The number of fused-ring (bicyclic) bond motifs is 4. The van der Waals surface area contributed by atoms with E-state index in [1.54, 1.807) is 54.6 Å². The molecular weight excluding hydrogens is 607 g/mol. The van der Waals surface area contributed by atoms with Gasteiger partial charge in [0.1, 0.15) is 0 Å². The fraction of sp³-hybridized carbons (Fsp3) is 0.333. The number of imide groups is 2. The lowest BCUT2D eigenvalue weighted by molar-refractivity contribution is -0.138.